The van der Waals surface area contributed by atoms with Crippen molar-refractivity contribution >= 4 is 5.82 Å². The van der Waals surface area contributed by atoms with Gasteiger partial charge in [0.15, 0.2) is 0 Å². The molecule has 0 unspecified atom stereocenters. The summed E-state index contributed by atoms with van der Waals surface area (Å²) in [5, 5.41) is 7.63. The molecule has 0 saturated heterocycles. The van der Waals surface area contributed by atoms with Gasteiger partial charge in [0, 0.05) is 36.2 Å². The molecule has 0 radical (unpaired) electrons. The minimum absolute atomic E-state index is 0.328. The molecule has 7 heteroatoms. The van der Waals surface area contributed by atoms with Crippen LogP contribution in [0.1, 0.15) is 54.6 Å². The number of anilines is 1. The van der Waals surface area contributed by atoms with Crippen molar-refractivity contribution in [1.29, 1.82) is 0 Å². The second kappa shape index (κ2) is 6.74. The van der Waals surface area contributed by atoms with Gasteiger partial charge >= 0.3 is 0 Å². The quantitative estimate of drug-likeness (QED) is 0.701. The van der Waals surface area contributed by atoms with E-state index in [0.29, 0.717) is 17.9 Å². The normalized spacial score (nSPS) is 21.7. The van der Waals surface area contributed by atoms with E-state index in [1.807, 2.05) is 12.1 Å². The van der Waals surface area contributed by atoms with Gasteiger partial charge in [-0.3, -0.25) is 0 Å². The Morgan fingerprint density at radius 1 is 1.07 bits per heavy atom. The molecule has 0 amide bonds. The first-order valence-corrected chi connectivity index (χ1v) is 9.57. The highest BCUT2D eigenvalue weighted by Crippen LogP contribution is 2.41. The van der Waals surface area contributed by atoms with Gasteiger partial charge in [0.25, 0.3) is 0 Å². The molecule has 2 fully saturated rings. The summed E-state index contributed by atoms with van der Waals surface area (Å²) < 4.78 is 1.75. The Kier molecular flexibility index (Phi) is 4.09. The first-order valence-electron chi connectivity index (χ1n) is 9.57. The fourth-order valence-electron chi connectivity index (χ4n) is 3.51. The van der Waals surface area contributed by atoms with Crippen LogP contribution in [0.25, 0.3) is 5.69 Å². The van der Waals surface area contributed by atoms with Crippen LogP contribution in [0, 0.1) is 0 Å². The molecule has 3 aromatic rings. The van der Waals surface area contributed by atoms with E-state index in [-0.39, 0.29) is 0 Å². The Morgan fingerprint density at radius 2 is 1.89 bits per heavy atom. The lowest BCUT2D eigenvalue weighted by Gasteiger charge is -2.32. The molecule has 0 spiro atoms. The van der Waals surface area contributed by atoms with Gasteiger partial charge < -0.3 is 11.1 Å². The molecule has 0 atom stereocenters. The molecule has 2 aliphatic rings. The van der Waals surface area contributed by atoms with E-state index in [4.69, 9.17) is 15.7 Å². The smallest absolute Gasteiger partial charge is 0.138 e. The van der Waals surface area contributed by atoms with Gasteiger partial charge in [-0.15, -0.1) is 0 Å². The molecule has 2 aromatic heterocycles. The minimum atomic E-state index is 0.328. The summed E-state index contributed by atoms with van der Waals surface area (Å²) in [6, 6.07) is 10.7. The molecule has 5 rings (SSSR count). The van der Waals surface area contributed by atoms with E-state index in [0.717, 1.165) is 42.4 Å². The molecule has 2 aliphatic carbocycles. The Bertz CT molecular complexity index is 910. The zero-order valence-corrected chi connectivity index (χ0v) is 15.1. The summed E-state index contributed by atoms with van der Waals surface area (Å²) in [6.45, 7) is 0.725. The maximum Gasteiger partial charge on any atom is 0.138 e. The lowest BCUT2D eigenvalue weighted by atomic mass is 9.78. The first-order chi connectivity index (χ1) is 13.2. The topological polar surface area (TPSA) is 94.5 Å². The molecule has 7 nitrogen and oxygen atoms in total. The van der Waals surface area contributed by atoms with Crippen LogP contribution in [0.15, 0.2) is 43.0 Å². The molecular weight excluding hydrogens is 338 g/mol. The number of benzene rings is 1. The van der Waals surface area contributed by atoms with Gasteiger partial charge in [-0.2, -0.15) is 5.10 Å². The van der Waals surface area contributed by atoms with Crippen LogP contribution in [-0.2, 0) is 6.54 Å². The van der Waals surface area contributed by atoms with Crippen LogP contribution in [0.3, 0.4) is 0 Å². The Hall–Kier alpha value is -2.80. The van der Waals surface area contributed by atoms with Gasteiger partial charge in [0.2, 0.25) is 0 Å². The maximum atomic E-state index is 5.97. The predicted octanol–water partition coefficient (Wildman–Crippen LogP) is 2.75. The third-order valence-corrected chi connectivity index (χ3v) is 5.39. The van der Waals surface area contributed by atoms with Crippen molar-refractivity contribution in [2.24, 2.45) is 5.73 Å². The monoisotopic (exact) mass is 361 g/mol. The van der Waals surface area contributed by atoms with Crippen molar-refractivity contribution in [3.05, 3.63) is 60.1 Å². The van der Waals surface area contributed by atoms with Gasteiger partial charge in [-0.05, 0) is 43.4 Å². The number of nitrogens with zero attached hydrogens (tertiary/aromatic N) is 5. The molecule has 138 valence electrons. The summed E-state index contributed by atoms with van der Waals surface area (Å²) in [5.74, 6) is 2.95. The fourth-order valence-corrected chi connectivity index (χ4v) is 3.51. The first kappa shape index (κ1) is 16.4. The fraction of sp³-hybridized carbons (Fsp3) is 0.400. The number of rotatable bonds is 6. The van der Waals surface area contributed by atoms with E-state index in [1.165, 1.54) is 24.7 Å². The minimum Gasteiger partial charge on any atom is -0.366 e. The molecule has 2 saturated carbocycles. The molecule has 0 aliphatic heterocycles. The van der Waals surface area contributed by atoms with E-state index >= 15 is 0 Å². The van der Waals surface area contributed by atoms with Crippen LogP contribution in [-0.4, -0.2) is 30.8 Å². The molecule has 3 N–H and O–H groups in total. The highest BCUT2D eigenvalue weighted by atomic mass is 15.3. The van der Waals surface area contributed by atoms with Crippen molar-refractivity contribution in [3.8, 4) is 5.69 Å². The van der Waals surface area contributed by atoms with E-state index in [1.54, 1.807) is 11.0 Å². The van der Waals surface area contributed by atoms with E-state index in [2.05, 4.69) is 33.6 Å². The highest BCUT2D eigenvalue weighted by Gasteiger charge is 2.32. The second-order valence-corrected chi connectivity index (χ2v) is 7.60. The van der Waals surface area contributed by atoms with Crippen LogP contribution in [0.4, 0.5) is 5.82 Å². The van der Waals surface area contributed by atoms with E-state index in [9.17, 15) is 0 Å². The third-order valence-electron chi connectivity index (χ3n) is 5.39. The van der Waals surface area contributed by atoms with Crippen molar-refractivity contribution in [2.75, 3.05) is 5.32 Å². The number of hydrogen-bond acceptors (Lipinski definition) is 6. The van der Waals surface area contributed by atoms with Gasteiger partial charge in [0.1, 0.15) is 24.3 Å². The molecular formula is C20H23N7. The standard InChI is InChI=1S/C20H23N7/c21-16-7-15(8-16)18-9-19(26-20(25-18)14-3-4-14)23-10-13-1-5-17(6-2-13)27-12-22-11-24-27/h1-2,5-6,9,11-12,14-16H,3-4,7-8,10,21H2,(H,23,25,26). The maximum absolute atomic E-state index is 5.97. The van der Waals surface area contributed by atoms with Gasteiger partial charge in [-0.25, -0.2) is 19.6 Å². The number of nitrogens with two attached hydrogens (primary N) is 1. The second-order valence-electron chi connectivity index (χ2n) is 7.60. The molecule has 2 heterocycles. The Morgan fingerprint density at radius 3 is 2.56 bits per heavy atom. The van der Waals surface area contributed by atoms with Gasteiger partial charge in [-0.1, -0.05) is 12.1 Å². The zero-order chi connectivity index (χ0) is 18.2. The van der Waals surface area contributed by atoms with Crippen molar-refractivity contribution in [2.45, 2.75) is 50.1 Å². The summed E-state index contributed by atoms with van der Waals surface area (Å²) in [5.41, 5.74) is 9.31. The summed E-state index contributed by atoms with van der Waals surface area (Å²) >= 11 is 0. The van der Waals surface area contributed by atoms with Crippen LogP contribution < -0.4 is 11.1 Å². The number of hydrogen-bond donors (Lipinski definition) is 2. The van der Waals surface area contributed by atoms with Crippen molar-refractivity contribution in [3.63, 3.8) is 0 Å². The predicted molar refractivity (Wildman–Crippen MR) is 103 cm³/mol. The van der Waals surface area contributed by atoms with E-state index < -0.39 is 0 Å². The summed E-state index contributed by atoms with van der Waals surface area (Å²) in [4.78, 5) is 13.6. The number of nitrogens with one attached hydrogen (secondary N) is 1. The average molecular weight is 361 g/mol. The average Bonchev–Trinajstić information content (AvgIpc) is 3.38. The van der Waals surface area contributed by atoms with Gasteiger partial charge in [0.05, 0.1) is 5.69 Å². The lowest BCUT2D eigenvalue weighted by molar-refractivity contribution is 0.344. The Balaban J connectivity index is 1.30. The number of aromatic nitrogens is 5. The Labute approximate surface area is 158 Å². The molecule has 1 aromatic carbocycles. The van der Waals surface area contributed by atoms with Crippen molar-refractivity contribution in [1.82, 2.24) is 24.7 Å². The lowest BCUT2D eigenvalue weighted by Crippen LogP contribution is -2.35. The van der Waals surface area contributed by atoms with Crippen LogP contribution >= 0.6 is 0 Å². The summed E-state index contributed by atoms with van der Waals surface area (Å²) in [7, 11) is 0. The zero-order valence-electron chi connectivity index (χ0n) is 15.1. The third kappa shape index (κ3) is 3.55. The van der Waals surface area contributed by atoms with Crippen LogP contribution in [0.5, 0.6) is 0 Å². The SMILES string of the molecule is NC1CC(c2cc(NCc3ccc(-n4cncn4)cc3)nc(C3CC3)n2)C1. The van der Waals surface area contributed by atoms with Crippen molar-refractivity contribution < 1.29 is 0 Å². The molecule has 0 bridgehead atoms. The molecule has 27 heavy (non-hydrogen) atoms. The highest BCUT2D eigenvalue weighted by molar-refractivity contribution is 5.41. The van der Waals surface area contributed by atoms with Crippen LogP contribution in [0.2, 0.25) is 0 Å². The summed E-state index contributed by atoms with van der Waals surface area (Å²) in [6.07, 6.45) is 7.71. The largest absolute Gasteiger partial charge is 0.366 e.